The third-order valence-electron chi connectivity index (χ3n) is 8.14. The van der Waals surface area contributed by atoms with Crippen LogP contribution < -0.4 is 10.1 Å². The average Bonchev–Trinajstić information content (AvgIpc) is 2.99. The molecule has 2 N–H and O–H groups in total. The summed E-state index contributed by atoms with van der Waals surface area (Å²) in [5.41, 5.74) is 0.205. The summed E-state index contributed by atoms with van der Waals surface area (Å²) in [4.78, 5) is 27.5. The number of hydrogen-bond donors (Lipinski definition) is 2. The Morgan fingerprint density at radius 3 is 2.56 bits per heavy atom. The maximum atomic E-state index is 15.9. The van der Waals surface area contributed by atoms with E-state index in [0.717, 1.165) is 28.8 Å². The Hall–Kier alpha value is -4.75. The van der Waals surface area contributed by atoms with Crippen LogP contribution in [-0.4, -0.2) is 55.1 Å². The summed E-state index contributed by atoms with van der Waals surface area (Å²) in [6.07, 6.45) is -3.84. The van der Waals surface area contributed by atoms with Gasteiger partial charge in [-0.3, -0.25) is 9.59 Å². The smallest absolute Gasteiger partial charge is 0.416 e. The first-order valence-electron chi connectivity index (χ1n) is 15.0. The number of carboxylic acids is 1. The molecule has 3 aromatic rings. The van der Waals surface area contributed by atoms with Crippen molar-refractivity contribution in [2.75, 3.05) is 27.1 Å². The molecule has 0 saturated carbocycles. The van der Waals surface area contributed by atoms with Gasteiger partial charge in [0.1, 0.15) is 35.9 Å². The highest BCUT2D eigenvalue weighted by Crippen LogP contribution is 2.41. The average molecular weight is 673 g/mol. The number of carbonyl (C=O) groups is 2. The molecule has 0 spiro atoms. The first kappa shape index (κ1) is 34.6. The molecule has 5 rings (SSSR count). The first-order chi connectivity index (χ1) is 22.8. The van der Waals surface area contributed by atoms with Crippen molar-refractivity contribution in [3.63, 3.8) is 0 Å². The van der Waals surface area contributed by atoms with E-state index in [-0.39, 0.29) is 41.0 Å². The normalized spacial score (nSPS) is 18.4. The van der Waals surface area contributed by atoms with E-state index in [1.165, 1.54) is 32.2 Å². The molecule has 2 heterocycles. The Morgan fingerprint density at radius 1 is 1.08 bits per heavy atom. The standard InChI is InChI=1S/C35H33F5N2O6/c1-19-5-4-6-29-31(19)22-13-20(2)32(37)25(14-22)28(16-30(43)44)41-34(45)33(24-15-23(48-29)7-8-27(24)36)42-17-21(9-11-46-3)26(35(38,39)40)10-12-47-18-42/h4-8,10,13-15,17,28,33H,9,11-12,16,18H2,1-3H3,(H,41,45)(H,43,44)/t28-,33-/m1/s1. The van der Waals surface area contributed by atoms with Gasteiger partial charge in [-0.1, -0.05) is 12.1 Å². The number of nitrogens with one attached hydrogen (secondary N) is 1. The number of allylic oxidation sites excluding steroid dienone is 1. The van der Waals surface area contributed by atoms with Crippen LogP contribution in [0.15, 0.2) is 72.0 Å². The summed E-state index contributed by atoms with van der Waals surface area (Å²) < 4.78 is 91.0. The molecule has 2 aliphatic heterocycles. The third-order valence-corrected chi connectivity index (χ3v) is 8.14. The molecule has 2 aliphatic rings. The van der Waals surface area contributed by atoms with Gasteiger partial charge < -0.3 is 29.5 Å². The Labute approximate surface area is 273 Å². The zero-order valence-corrected chi connectivity index (χ0v) is 26.3. The van der Waals surface area contributed by atoms with Crippen LogP contribution in [0.5, 0.6) is 11.5 Å². The van der Waals surface area contributed by atoms with Gasteiger partial charge in [-0.2, -0.15) is 13.2 Å². The number of benzene rings is 3. The Morgan fingerprint density at radius 2 is 1.85 bits per heavy atom. The number of aliphatic carboxylic acids is 1. The molecule has 3 aromatic carbocycles. The SMILES string of the molecule is COCCC1=CN([C@H]2C(=O)N[C@H](CC(=O)O)c3cc(cc(C)c3F)-c3c(C)cccc3Oc3ccc(F)c2c3)COCC=C1C(F)(F)F. The minimum absolute atomic E-state index is 0.100. The fraction of sp³-hybridized carbons (Fsp3) is 0.314. The second-order valence-electron chi connectivity index (χ2n) is 11.5. The van der Waals surface area contributed by atoms with Gasteiger partial charge in [-0.25, -0.2) is 8.78 Å². The summed E-state index contributed by atoms with van der Waals surface area (Å²) >= 11 is 0. The molecule has 0 unspecified atom stereocenters. The molecule has 4 bridgehead atoms. The van der Waals surface area contributed by atoms with Crippen molar-refractivity contribution >= 4 is 11.9 Å². The number of rotatable bonds is 6. The van der Waals surface area contributed by atoms with Crippen molar-refractivity contribution < 1.29 is 50.9 Å². The van der Waals surface area contributed by atoms with E-state index in [2.05, 4.69) is 5.32 Å². The minimum atomic E-state index is -4.80. The maximum absolute atomic E-state index is 15.9. The summed E-state index contributed by atoms with van der Waals surface area (Å²) in [7, 11) is 1.32. The maximum Gasteiger partial charge on any atom is 0.416 e. The highest BCUT2D eigenvalue weighted by Gasteiger charge is 2.39. The van der Waals surface area contributed by atoms with Crippen LogP contribution in [0.1, 0.15) is 47.2 Å². The number of amides is 1. The number of ether oxygens (including phenoxy) is 3. The van der Waals surface area contributed by atoms with E-state index in [1.54, 1.807) is 31.2 Å². The highest BCUT2D eigenvalue weighted by atomic mass is 19.4. The summed E-state index contributed by atoms with van der Waals surface area (Å²) in [5, 5.41) is 12.4. The molecule has 13 heteroatoms. The van der Waals surface area contributed by atoms with Crippen LogP contribution in [0.25, 0.3) is 11.1 Å². The summed E-state index contributed by atoms with van der Waals surface area (Å²) in [6, 6.07) is 8.64. The summed E-state index contributed by atoms with van der Waals surface area (Å²) in [6.45, 7) is 2.26. The van der Waals surface area contributed by atoms with Crippen molar-refractivity contribution in [3.05, 3.63) is 106 Å². The van der Waals surface area contributed by atoms with Gasteiger partial charge in [-0.05, 0) is 85.0 Å². The molecule has 2 atom stereocenters. The van der Waals surface area contributed by atoms with Crippen molar-refractivity contribution in [3.8, 4) is 22.6 Å². The zero-order valence-electron chi connectivity index (χ0n) is 26.3. The molecule has 0 aliphatic carbocycles. The molecule has 254 valence electrons. The minimum Gasteiger partial charge on any atom is -0.481 e. The van der Waals surface area contributed by atoms with Crippen molar-refractivity contribution in [2.24, 2.45) is 0 Å². The van der Waals surface area contributed by atoms with Crippen molar-refractivity contribution in [1.29, 1.82) is 0 Å². The fourth-order valence-electron chi connectivity index (χ4n) is 5.94. The molecular formula is C35H33F5N2O6. The third kappa shape index (κ3) is 7.37. The van der Waals surface area contributed by atoms with Crippen molar-refractivity contribution in [1.82, 2.24) is 10.2 Å². The monoisotopic (exact) mass is 672 g/mol. The number of fused-ring (bicyclic) bond motifs is 6. The second kappa shape index (κ2) is 14.2. The number of halogens is 5. The molecular weight excluding hydrogens is 639 g/mol. The number of aryl methyl sites for hydroxylation is 2. The van der Waals surface area contributed by atoms with Crippen LogP contribution in [0, 0.1) is 25.5 Å². The Balaban J connectivity index is 1.77. The fourth-order valence-corrected chi connectivity index (χ4v) is 5.94. The number of carbonyl (C=O) groups excluding carboxylic acids is 1. The van der Waals surface area contributed by atoms with Crippen LogP contribution in [0.4, 0.5) is 22.0 Å². The number of alkyl halides is 3. The first-order valence-corrected chi connectivity index (χ1v) is 15.0. The number of hydrogen-bond acceptors (Lipinski definition) is 6. The number of nitrogens with zero attached hydrogens (tertiary/aromatic N) is 1. The molecule has 0 fully saturated rings. The molecule has 0 aromatic heterocycles. The van der Waals surface area contributed by atoms with Gasteiger partial charge >= 0.3 is 12.1 Å². The topological polar surface area (TPSA) is 97.3 Å². The van der Waals surface area contributed by atoms with Crippen LogP contribution in [0.2, 0.25) is 0 Å². The van der Waals surface area contributed by atoms with E-state index in [0.29, 0.717) is 16.9 Å². The lowest BCUT2D eigenvalue weighted by molar-refractivity contribution is -0.138. The lowest BCUT2D eigenvalue weighted by atomic mass is 9.92. The van der Waals surface area contributed by atoms with Gasteiger partial charge in [0.05, 0.1) is 31.2 Å². The van der Waals surface area contributed by atoms with Crippen LogP contribution in [-0.2, 0) is 19.1 Å². The molecule has 1 amide bonds. The van der Waals surface area contributed by atoms with E-state index < -0.39 is 67.1 Å². The Bertz CT molecular complexity index is 1790. The van der Waals surface area contributed by atoms with Crippen molar-refractivity contribution in [2.45, 2.75) is 44.9 Å². The van der Waals surface area contributed by atoms with Crippen LogP contribution >= 0.6 is 0 Å². The summed E-state index contributed by atoms with van der Waals surface area (Å²) in [5.74, 6) is -3.64. The lowest BCUT2D eigenvalue weighted by Gasteiger charge is -2.33. The second-order valence-corrected chi connectivity index (χ2v) is 11.5. The molecule has 0 saturated heterocycles. The zero-order chi connectivity index (χ0) is 34.7. The molecule has 0 radical (unpaired) electrons. The number of carboxylic acid groups (broad SMARTS) is 1. The van der Waals surface area contributed by atoms with Gasteiger partial charge in [0.15, 0.2) is 0 Å². The van der Waals surface area contributed by atoms with E-state index in [9.17, 15) is 27.9 Å². The highest BCUT2D eigenvalue weighted by molar-refractivity contribution is 5.85. The van der Waals surface area contributed by atoms with Gasteiger partial charge in [0.25, 0.3) is 0 Å². The van der Waals surface area contributed by atoms with E-state index >= 15 is 8.78 Å². The lowest BCUT2D eigenvalue weighted by Crippen LogP contribution is -2.42. The van der Waals surface area contributed by atoms with Gasteiger partial charge in [0.2, 0.25) is 5.91 Å². The predicted octanol–water partition coefficient (Wildman–Crippen LogP) is 7.43. The van der Waals surface area contributed by atoms with Gasteiger partial charge in [0, 0.05) is 30.0 Å². The molecule has 48 heavy (non-hydrogen) atoms. The predicted molar refractivity (Wildman–Crippen MR) is 165 cm³/mol. The molecule has 8 nitrogen and oxygen atoms in total. The quantitative estimate of drug-likeness (QED) is 0.263. The number of methoxy groups -OCH3 is 1. The largest absolute Gasteiger partial charge is 0.481 e. The van der Waals surface area contributed by atoms with Gasteiger partial charge in [-0.15, -0.1) is 0 Å². The van der Waals surface area contributed by atoms with E-state index in [1.807, 2.05) is 0 Å². The van der Waals surface area contributed by atoms with E-state index in [4.69, 9.17) is 14.2 Å². The van der Waals surface area contributed by atoms with Crippen LogP contribution in [0.3, 0.4) is 0 Å². The Kier molecular flexibility index (Phi) is 10.2.